The minimum atomic E-state index is 0.642. The van der Waals surface area contributed by atoms with Crippen LogP contribution in [0.5, 0.6) is 0 Å². The Hall–Kier alpha value is -1.91. The molecule has 0 aliphatic carbocycles. The molecule has 1 aliphatic heterocycles. The molecule has 1 heterocycles. The largest absolute Gasteiger partial charge is 0.383 e. The van der Waals surface area contributed by atoms with Crippen molar-refractivity contribution < 1.29 is 4.74 Å². The van der Waals surface area contributed by atoms with Crippen molar-refractivity contribution in [1.82, 2.24) is 4.90 Å². The number of anilines is 1. The number of nitrogens with zero attached hydrogens (tertiary/aromatic N) is 3. The van der Waals surface area contributed by atoms with Gasteiger partial charge in [0.15, 0.2) is 0 Å². The molecule has 0 spiro atoms. The predicted molar refractivity (Wildman–Crippen MR) is 114 cm³/mol. The van der Waals surface area contributed by atoms with E-state index in [-0.39, 0.29) is 0 Å². The zero-order chi connectivity index (χ0) is 19.1. The van der Waals surface area contributed by atoms with Crippen LogP contribution in [-0.4, -0.2) is 63.6 Å². The highest BCUT2D eigenvalue weighted by atomic mass is 16.5. The maximum atomic E-state index is 5.20. The van der Waals surface area contributed by atoms with E-state index >= 15 is 0 Å². The van der Waals surface area contributed by atoms with E-state index < -0.39 is 0 Å². The fourth-order valence-electron chi connectivity index (χ4n) is 3.41. The van der Waals surface area contributed by atoms with Crippen LogP contribution in [0.25, 0.3) is 5.57 Å². The fraction of sp³-hybridized carbons (Fsp3) is 0.500. The van der Waals surface area contributed by atoms with Crippen molar-refractivity contribution in [3.05, 3.63) is 48.1 Å². The van der Waals surface area contributed by atoms with Gasteiger partial charge in [-0.25, -0.2) is 0 Å². The van der Waals surface area contributed by atoms with Crippen molar-refractivity contribution in [2.24, 2.45) is 4.99 Å². The third-order valence-electron chi connectivity index (χ3n) is 4.97. The fourth-order valence-corrected chi connectivity index (χ4v) is 3.41. The molecular weight excluding hydrogens is 322 g/mol. The Labute approximate surface area is 158 Å². The highest BCUT2D eigenvalue weighted by Crippen LogP contribution is 2.29. The Kier molecular flexibility index (Phi) is 7.61. The Morgan fingerprint density at radius 3 is 2.46 bits per heavy atom. The van der Waals surface area contributed by atoms with Crippen LogP contribution in [0, 0.1) is 6.92 Å². The summed E-state index contributed by atoms with van der Waals surface area (Å²) in [7, 11) is 1.76. The molecule has 26 heavy (non-hydrogen) atoms. The maximum absolute atomic E-state index is 5.20. The molecule has 0 atom stereocenters. The van der Waals surface area contributed by atoms with E-state index in [2.05, 4.69) is 60.9 Å². The van der Waals surface area contributed by atoms with E-state index in [0.717, 1.165) is 50.6 Å². The monoisotopic (exact) mass is 355 g/mol. The first-order valence-corrected chi connectivity index (χ1v) is 9.37. The molecule has 2 rings (SSSR count). The van der Waals surface area contributed by atoms with Crippen LogP contribution in [-0.2, 0) is 4.74 Å². The van der Waals surface area contributed by atoms with Crippen LogP contribution in [0.1, 0.15) is 30.5 Å². The summed E-state index contributed by atoms with van der Waals surface area (Å²) >= 11 is 0. The van der Waals surface area contributed by atoms with Crippen LogP contribution in [0.2, 0.25) is 0 Å². The average molecular weight is 356 g/mol. The van der Waals surface area contributed by atoms with Crippen molar-refractivity contribution in [3.63, 3.8) is 0 Å². The summed E-state index contributed by atoms with van der Waals surface area (Å²) in [6, 6.07) is 4.56. The molecule has 1 aromatic rings. The van der Waals surface area contributed by atoms with Crippen molar-refractivity contribution in [1.29, 1.82) is 0 Å². The molecule has 4 nitrogen and oxygen atoms in total. The molecule has 1 aliphatic rings. The zero-order valence-electron chi connectivity index (χ0n) is 16.8. The van der Waals surface area contributed by atoms with E-state index in [1.54, 1.807) is 7.11 Å². The smallest absolute Gasteiger partial charge is 0.0589 e. The molecule has 1 saturated heterocycles. The molecule has 4 heteroatoms. The Morgan fingerprint density at radius 1 is 1.19 bits per heavy atom. The van der Waals surface area contributed by atoms with Crippen LogP contribution < -0.4 is 4.90 Å². The van der Waals surface area contributed by atoms with E-state index in [9.17, 15) is 0 Å². The molecule has 0 radical (unpaired) electrons. The third kappa shape index (κ3) is 5.05. The number of benzene rings is 1. The van der Waals surface area contributed by atoms with Crippen LogP contribution >= 0.6 is 0 Å². The summed E-state index contributed by atoms with van der Waals surface area (Å²) in [5.74, 6) is 0. The Bertz CT molecular complexity index is 670. The molecule has 1 fully saturated rings. The number of ether oxygens (including phenoxy) is 1. The lowest BCUT2D eigenvalue weighted by Gasteiger charge is -2.37. The van der Waals surface area contributed by atoms with Gasteiger partial charge in [-0.05, 0) is 44.0 Å². The van der Waals surface area contributed by atoms with Crippen molar-refractivity contribution in [2.75, 3.05) is 57.9 Å². The van der Waals surface area contributed by atoms with Gasteiger partial charge in [0.1, 0.15) is 0 Å². The van der Waals surface area contributed by atoms with E-state index in [0.29, 0.717) is 6.54 Å². The number of hydrogen-bond acceptors (Lipinski definition) is 4. The normalized spacial score (nSPS) is 16.0. The molecule has 1 aromatic carbocycles. The number of rotatable bonds is 8. The molecule has 0 aromatic heterocycles. The lowest BCUT2D eigenvalue weighted by Crippen LogP contribution is -2.47. The van der Waals surface area contributed by atoms with Crippen LogP contribution in [0.15, 0.2) is 36.4 Å². The van der Waals surface area contributed by atoms with Crippen molar-refractivity contribution in [3.8, 4) is 0 Å². The van der Waals surface area contributed by atoms with Gasteiger partial charge >= 0.3 is 0 Å². The van der Waals surface area contributed by atoms with E-state index in [4.69, 9.17) is 4.74 Å². The standard InChI is InChI=1S/C22H33N3O/c1-7-8-23-19(5)21-16-22(18(4)15-20(21)17(2)3)25-11-9-24(10-12-25)13-14-26-6/h7,15-16H,1-2,8-14H2,3-6H3. The lowest BCUT2D eigenvalue weighted by molar-refractivity contribution is 0.144. The lowest BCUT2D eigenvalue weighted by atomic mass is 9.94. The Morgan fingerprint density at radius 2 is 1.88 bits per heavy atom. The molecule has 142 valence electrons. The number of hydrogen-bond donors (Lipinski definition) is 0. The Balaban J connectivity index is 2.27. The topological polar surface area (TPSA) is 28.1 Å². The number of allylic oxidation sites excluding steroid dienone is 1. The number of aliphatic imine (C=N–C) groups is 1. The molecular formula is C22H33N3O. The average Bonchev–Trinajstić information content (AvgIpc) is 2.64. The highest BCUT2D eigenvalue weighted by Gasteiger charge is 2.20. The van der Waals surface area contributed by atoms with Gasteiger partial charge in [0.05, 0.1) is 13.2 Å². The van der Waals surface area contributed by atoms with Crippen LogP contribution in [0.3, 0.4) is 0 Å². The highest BCUT2D eigenvalue weighted by molar-refractivity contribution is 6.03. The zero-order valence-corrected chi connectivity index (χ0v) is 16.8. The minimum absolute atomic E-state index is 0.642. The SMILES string of the molecule is C=CCN=C(C)c1cc(N2CCN(CCOC)CC2)c(C)cc1C(=C)C. The van der Waals surface area contributed by atoms with Gasteiger partial charge in [-0.1, -0.05) is 18.2 Å². The summed E-state index contributed by atoms with van der Waals surface area (Å²) in [5.41, 5.74) is 7.10. The minimum Gasteiger partial charge on any atom is -0.383 e. The van der Waals surface area contributed by atoms with Gasteiger partial charge in [0.2, 0.25) is 0 Å². The first-order valence-electron chi connectivity index (χ1n) is 9.37. The molecule has 0 amide bonds. The van der Waals surface area contributed by atoms with Gasteiger partial charge in [-0.15, -0.1) is 6.58 Å². The molecule has 0 unspecified atom stereocenters. The van der Waals surface area contributed by atoms with Gasteiger partial charge in [-0.3, -0.25) is 9.89 Å². The summed E-state index contributed by atoms with van der Waals surface area (Å²) in [5, 5.41) is 0. The van der Waals surface area contributed by atoms with E-state index in [1.165, 1.54) is 22.4 Å². The first-order chi connectivity index (χ1) is 12.5. The third-order valence-corrected chi connectivity index (χ3v) is 4.97. The van der Waals surface area contributed by atoms with Crippen molar-refractivity contribution >= 4 is 17.0 Å². The second-order valence-electron chi connectivity index (χ2n) is 7.00. The number of aryl methyl sites for hydroxylation is 1. The summed E-state index contributed by atoms with van der Waals surface area (Å²) in [6.45, 7) is 20.9. The maximum Gasteiger partial charge on any atom is 0.0589 e. The van der Waals surface area contributed by atoms with Gasteiger partial charge < -0.3 is 9.64 Å². The van der Waals surface area contributed by atoms with E-state index in [1.807, 2.05) is 6.08 Å². The van der Waals surface area contributed by atoms with Gasteiger partial charge in [0.25, 0.3) is 0 Å². The quantitative estimate of drug-likeness (QED) is 0.525. The first kappa shape index (κ1) is 20.4. The summed E-state index contributed by atoms with van der Waals surface area (Å²) < 4.78 is 5.20. The molecule has 0 bridgehead atoms. The van der Waals surface area contributed by atoms with Gasteiger partial charge in [0, 0.05) is 56.8 Å². The van der Waals surface area contributed by atoms with Gasteiger partial charge in [-0.2, -0.15) is 0 Å². The summed E-state index contributed by atoms with van der Waals surface area (Å²) in [4.78, 5) is 9.59. The molecule has 0 saturated carbocycles. The second-order valence-corrected chi connectivity index (χ2v) is 7.00. The van der Waals surface area contributed by atoms with Crippen molar-refractivity contribution in [2.45, 2.75) is 20.8 Å². The predicted octanol–water partition coefficient (Wildman–Crippen LogP) is 3.79. The summed E-state index contributed by atoms with van der Waals surface area (Å²) in [6.07, 6.45) is 1.83. The second kappa shape index (κ2) is 9.70. The van der Waals surface area contributed by atoms with Crippen LogP contribution in [0.4, 0.5) is 5.69 Å². The molecule has 0 N–H and O–H groups in total. The number of piperazine rings is 1. The number of methoxy groups -OCH3 is 1.